The molecule has 0 bridgehead atoms. The van der Waals surface area contributed by atoms with Crippen LogP contribution in [0.2, 0.25) is 0 Å². The lowest BCUT2D eigenvalue weighted by Crippen LogP contribution is -2.17. The van der Waals surface area contributed by atoms with Crippen molar-refractivity contribution in [3.8, 4) is 17.0 Å². The molecule has 0 saturated heterocycles. The van der Waals surface area contributed by atoms with Crippen molar-refractivity contribution < 1.29 is 28.7 Å². The molecule has 0 fully saturated rings. The van der Waals surface area contributed by atoms with Crippen molar-refractivity contribution in [3.63, 3.8) is 0 Å². The van der Waals surface area contributed by atoms with Crippen LogP contribution in [0.3, 0.4) is 0 Å². The van der Waals surface area contributed by atoms with Gasteiger partial charge in [0, 0.05) is 22.9 Å². The molecule has 0 aliphatic heterocycles. The van der Waals surface area contributed by atoms with E-state index in [4.69, 9.17) is 9.47 Å². The van der Waals surface area contributed by atoms with Crippen molar-refractivity contribution in [2.45, 2.75) is 26.7 Å². The second-order valence-corrected chi connectivity index (χ2v) is 9.67. The highest BCUT2D eigenvalue weighted by atomic mass is 32.1. The van der Waals surface area contributed by atoms with Crippen LogP contribution in [0.25, 0.3) is 11.3 Å². The number of ketones is 1. The summed E-state index contributed by atoms with van der Waals surface area (Å²) in [5.41, 5.74) is 4.59. The Morgan fingerprint density at radius 1 is 0.795 bits per heavy atom. The zero-order valence-corrected chi connectivity index (χ0v) is 22.2. The molecule has 8 nitrogen and oxygen atoms in total. The average Bonchev–Trinajstić information content (AvgIpc) is 3.40. The first-order chi connectivity index (χ1) is 18.8. The summed E-state index contributed by atoms with van der Waals surface area (Å²) in [6, 6.07) is 20.8. The number of nitrogens with one attached hydrogen (secondary N) is 1. The number of esters is 2. The third-order valence-corrected chi connectivity index (χ3v) is 6.45. The van der Waals surface area contributed by atoms with E-state index in [1.807, 2.05) is 55.6 Å². The first kappa shape index (κ1) is 27.4. The molecular formula is C30H26N2O6S. The van der Waals surface area contributed by atoms with Gasteiger partial charge in [-0.15, -0.1) is 11.3 Å². The lowest BCUT2D eigenvalue weighted by molar-refractivity contribution is -0.143. The van der Waals surface area contributed by atoms with Gasteiger partial charge in [-0.3, -0.25) is 14.4 Å². The summed E-state index contributed by atoms with van der Waals surface area (Å²) >= 11 is 1.29. The van der Waals surface area contributed by atoms with Crippen LogP contribution in [0.15, 0.2) is 78.2 Å². The summed E-state index contributed by atoms with van der Waals surface area (Å²) in [5, 5.41) is 4.96. The summed E-state index contributed by atoms with van der Waals surface area (Å²) in [5.74, 6) is -1.68. The van der Waals surface area contributed by atoms with E-state index < -0.39 is 24.3 Å². The molecule has 0 aliphatic rings. The van der Waals surface area contributed by atoms with E-state index in [1.165, 1.54) is 35.6 Å². The Kier molecular flexibility index (Phi) is 8.96. The minimum Gasteiger partial charge on any atom is -0.457 e. The monoisotopic (exact) mass is 542 g/mol. The van der Waals surface area contributed by atoms with Gasteiger partial charge in [-0.05, 0) is 50.2 Å². The van der Waals surface area contributed by atoms with E-state index in [-0.39, 0.29) is 24.5 Å². The molecule has 0 aliphatic carbocycles. The molecular weight excluding hydrogens is 516 g/mol. The predicted octanol–water partition coefficient (Wildman–Crippen LogP) is 5.79. The topological polar surface area (TPSA) is 112 Å². The summed E-state index contributed by atoms with van der Waals surface area (Å²) < 4.78 is 10.3. The predicted molar refractivity (Wildman–Crippen MR) is 148 cm³/mol. The maximum absolute atomic E-state index is 12.4. The van der Waals surface area contributed by atoms with Crippen molar-refractivity contribution >= 4 is 40.1 Å². The lowest BCUT2D eigenvalue weighted by Gasteiger charge is -2.07. The van der Waals surface area contributed by atoms with E-state index in [9.17, 15) is 19.2 Å². The van der Waals surface area contributed by atoms with Crippen molar-refractivity contribution in [2.75, 3.05) is 11.9 Å². The van der Waals surface area contributed by atoms with E-state index in [0.29, 0.717) is 16.3 Å². The fraction of sp³-hybridized carbons (Fsp3) is 0.167. The van der Waals surface area contributed by atoms with E-state index in [1.54, 1.807) is 12.1 Å². The van der Waals surface area contributed by atoms with Crippen molar-refractivity contribution in [3.05, 3.63) is 100 Å². The molecule has 0 atom stereocenters. The molecule has 1 heterocycles. The first-order valence-corrected chi connectivity index (χ1v) is 13.0. The quantitative estimate of drug-likeness (QED) is 0.153. The number of amides is 1. The van der Waals surface area contributed by atoms with Crippen LogP contribution >= 0.6 is 11.3 Å². The summed E-state index contributed by atoms with van der Waals surface area (Å²) in [7, 11) is 0. The van der Waals surface area contributed by atoms with Gasteiger partial charge in [0.1, 0.15) is 5.75 Å². The van der Waals surface area contributed by atoms with Crippen molar-refractivity contribution in [2.24, 2.45) is 0 Å². The smallest absolute Gasteiger partial charge is 0.343 e. The Balaban J connectivity index is 1.18. The number of rotatable bonds is 10. The molecule has 0 saturated carbocycles. The van der Waals surface area contributed by atoms with Crippen LogP contribution in [-0.4, -0.2) is 35.2 Å². The summed E-state index contributed by atoms with van der Waals surface area (Å²) in [6.07, 6.45) is -0.281. The summed E-state index contributed by atoms with van der Waals surface area (Å²) in [4.78, 5) is 53.3. The van der Waals surface area contributed by atoms with E-state index in [2.05, 4.69) is 10.3 Å². The Bertz CT molecular complexity index is 1480. The minimum atomic E-state index is -0.665. The molecule has 3 aromatic carbocycles. The fourth-order valence-corrected chi connectivity index (χ4v) is 4.19. The Morgan fingerprint density at radius 3 is 2.08 bits per heavy atom. The maximum atomic E-state index is 12.4. The molecule has 9 heteroatoms. The zero-order valence-electron chi connectivity index (χ0n) is 21.4. The van der Waals surface area contributed by atoms with Gasteiger partial charge in [-0.1, -0.05) is 47.5 Å². The van der Waals surface area contributed by atoms with Crippen LogP contribution in [0.1, 0.15) is 44.7 Å². The summed E-state index contributed by atoms with van der Waals surface area (Å²) in [6.45, 7) is 3.46. The number of hydrogen-bond acceptors (Lipinski definition) is 8. The van der Waals surface area contributed by atoms with Gasteiger partial charge in [0.05, 0.1) is 17.7 Å². The number of thiazole rings is 1. The van der Waals surface area contributed by atoms with Crippen molar-refractivity contribution in [1.82, 2.24) is 4.98 Å². The number of benzene rings is 3. The second kappa shape index (κ2) is 12.7. The Hall–Kier alpha value is -4.63. The Morgan fingerprint density at radius 2 is 1.41 bits per heavy atom. The molecule has 198 valence electrons. The van der Waals surface area contributed by atoms with Gasteiger partial charge >= 0.3 is 11.9 Å². The van der Waals surface area contributed by atoms with Gasteiger partial charge < -0.3 is 14.8 Å². The number of ether oxygens (including phenoxy) is 2. The fourth-order valence-electron chi connectivity index (χ4n) is 3.45. The number of carbonyl (C=O) groups excluding carboxylic acids is 4. The van der Waals surface area contributed by atoms with Crippen LogP contribution in [0.5, 0.6) is 5.75 Å². The minimum absolute atomic E-state index is 0.104. The first-order valence-electron chi connectivity index (χ1n) is 12.2. The number of aryl methyl sites for hydroxylation is 2. The van der Waals surface area contributed by atoms with Crippen LogP contribution in [0.4, 0.5) is 5.13 Å². The highest BCUT2D eigenvalue weighted by Gasteiger charge is 2.14. The van der Waals surface area contributed by atoms with E-state index >= 15 is 0 Å². The molecule has 0 unspecified atom stereocenters. The number of aromatic nitrogens is 1. The largest absolute Gasteiger partial charge is 0.457 e. The van der Waals surface area contributed by atoms with Crippen LogP contribution < -0.4 is 10.1 Å². The second-order valence-electron chi connectivity index (χ2n) is 8.82. The van der Waals surface area contributed by atoms with Gasteiger partial charge in [0.15, 0.2) is 17.5 Å². The van der Waals surface area contributed by atoms with Crippen LogP contribution in [0, 0.1) is 13.8 Å². The molecule has 1 amide bonds. The van der Waals surface area contributed by atoms with Crippen molar-refractivity contribution in [1.29, 1.82) is 0 Å². The highest BCUT2D eigenvalue weighted by molar-refractivity contribution is 7.14. The standard InChI is InChI=1S/C30H26N2O6S/c1-19-3-7-21(8-4-19)25-18-39-30(31-25)32-27(34)15-16-28(35)37-17-26(33)22-11-13-24(14-12-22)38-29(36)23-9-5-20(2)6-10-23/h3-14,18H,15-17H2,1-2H3,(H,31,32,34). The number of hydrogen-bond donors (Lipinski definition) is 1. The molecule has 1 aromatic heterocycles. The molecule has 0 spiro atoms. The van der Waals surface area contributed by atoms with Gasteiger partial charge in [-0.25, -0.2) is 9.78 Å². The lowest BCUT2D eigenvalue weighted by atomic mass is 10.1. The maximum Gasteiger partial charge on any atom is 0.343 e. The molecule has 1 N–H and O–H groups in total. The molecule has 39 heavy (non-hydrogen) atoms. The Labute approximate surface area is 229 Å². The molecule has 4 aromatic rings. The number of anilines is 1. The zero-order chi connectivity index (χ0) is 27.8. The third-order valence-electron chi connectivity index (χ3n) is 5.69. The average molecular weight is 543 g/mol. The number of nitrogens with zero attached hydrogens (tertiary/aromatic N) is 1. The van der Waals surface area contributed by atoms with Crippen LogP contribution in [-0.2, 0) is 14.3 Å². The normalized spacial score (nSPS) is 10.5. The molecule has 4 rings (SSSR count). The highest BCUT2D eigenvalue weighted by Crippen LogP contribution is 2.25. The number of carbonyl (C=O) groups is 4. The molecule has 0 radical (unpaired) electrons. The van der Waals surface area contributed by atoms with Gasteiger partial charge in [0.25, 0.3) is 0 Å². The third kappa shape index (κ3) is 7.93. The van der Waals surface area contributed by atoms with E-state index in [0.717, 1.165) is 22.4 Å². The van der Waals surface area contributed by atoms with Gasteiger partial charge in [0.2, 0.25) is 5.91 Å². The SMILES string of the molecule is Cc1ccc(C(=O)Oc2ccc(C(=O)COC(=O)CCC(=O)Nc3nc(-c4ccc(C)cc4)cs3)cc2)cc1. The van der Waals surface area contributed by atoms with Gasteiger partial charge in [-0.2, -0.15) is 0 Å². The number of Topliss-reactive ketones (excluding diaryl/α,β-unsaturated/α-hetero) is 1.